The SMILES string of the molecule is O=C(CCS(=O)(=O)c1ccc2c(c1)CCC2)NCc1cccc(NC(=O)Cn2cccn2)c1. The molecule has 9 heteroatoms. The van der Waals surface area contributed by atoms with Gasteiger partial charge >= 0.3 is 0 Å². The molecule has 3 aromatic rings. The minimum Gasteiger partial charge on any atom is -0.352 e. The van der Waals surface area contributed by atoms with E-state index in [4.69, 9.17) is 0 Å². The number of benzene rings is 2. The lowest BCUT2D eigenvalue weighted by molar-refractivity contribution is -0.121. The lowest BCUT2D eigenvalue weighted by Crippen LogP contribution is -2.25. The Kier molecular flexibility index (Phi) is 6.88. The van der Waals surface area contributed by atoms with E-state index in [1.165, 1.54) is 10.2 Å². The van der Waals surface area contributed by atoms with Gasteiger partial charge in [-0.1, -0.05) is 18.2 Å². The number of hydrogen-bond acceptors (Lipinski definition) is 5. The van der Waals surface area contributed by atoms with Crippen molar-refractivity contribution in [2.24, 2.45) is 0 Å². The van der Waals surface area contributed by atoms with Crippen LogP contribution in [0.1, 0.15) is 29.5 Å². The molecule has 0 bridgehead atoms. The molecule has 2 aromatic carbocycles. The predicted octanol–water partition coefficient (Wildman–Crippen LogP) is 2.49. The van der Waals surface area contributed by atoms with Crippen molar-refractivity contribution in [1.82, 2.24) is 15.1 Å². The van der Waals surface area contributed by atoms with Crippen molar-refractivity contribution in [2.45, 2.75) is 43.7 Å². The Bertz CT molecular complexity index is 1250. The number of nitrogens with one attached hydrogen (secondary N) is 2. The molecule has 1 aliphatic rings. The molecule has 0 spiro atoms. The molecule has 172 valence electrons. The van der Waals surface area contributed by atoms with Crippen LogP contribution in [0.5, 0.6) is 0 Å². The summed E-state index contributed by atoms with van der Waals surface area (Å²) in [5.74, 6) is -0.786. The molecule has 0 unspecified atom stereocenters. The highest BCUT2D eigenvalue weighted by atomic mass is 32.2. The van der Waals surface area contributed by atoms with Gasteiger partial charge in [0.2, 0.25) is 11.8 Å². The van der Waals surface area contributed by atoms with E-state index >= 15 is 0 Å². The summed E-state index contributed by atoms with van der Waals surface area (Å²) in [4.78, 5) is 24.7. The molecule has 0 saturated heterocycles. The third-order valence-electron chi connectivity index (χ3n) is 5.59. The fourth-order valence-electron chi connectivity index (χ4n) is 3.88. The first-order valence-electron chi connectivity index (χ1n) is 10.9. The first kappa shape index (κ1) is 22.7. The second-order valence-electron chi connectivity index (χ2n) is 8.08. The Balaban J connectivity index is 1.26. The maximum absolute atomic E-state index is 12.6. The van der Waals surface area contributed by atoms with E-state index in [-0.39, 0.29) is 42.0 Å². The van der Waals surface area contributed by atoms with Gasteiger partial charge in [-0.25, -0.2) is 8.42 Å². The first-order chi connectivity index (χ1) is 15.9. The largest absolute Gasteiger partial charge is 0.352 e. The van der Waals surface area contributed by atoms with E-state index in [1.54, 1.807) is 48.8 Å². The smallest absolute Gasteiger partial charge is 0.246 e. The summed E-state index contributed by atoms with van der Waals surface area (Å²) in [6.45, 7) is 0.341. The van der Waals surface area contributed by atoms with Crippen LogP contribution in [0.4, 0.5) is 5.69 Å². The number of anilines is 1. The molecule has 0 radical (unpaired) electrons. The number of fused-ring (bicyclic) bond motifs is 1. The van der Waals surface area contributed by atoms with Crippen LogP contribution < -0.4 is 10.6 Å². The lowest BCUT2D eigenvalue weighted by atomic mass is 10.1. The highest BCUT2D eigenvalue weighted by molar-refractivity contribution is 7.91. The van der Waals surface area contributed by atoms with Crippen LogP contribution in [-0.2, 0) is 45.4 Å². The van der Waals surface area contributed by atoms with Gasteiger partial charge in [0.25, 0.3) is 0 Å². The molecule has 0 saturated carbocycles. The van der Waals surface area contributed by atoms with Gasteiger partial charge in [0, 0.05) is 31.0 Å². The summed E-state index contributed by atoms with van der Waals surface area (Å²) in [5, 5.41) is 9.55. The molecule has 1 aromatic heterocycles. The summed E-state index contributed by atoms with van der Waals surface area (Å²) >= 11 is 0. The van der Waals surface area contributed by atoms with Gasteiger partial charge in [0.1, 0.15) is 6.54 Å². The van der Waals surface area contributed by atoms with Crippen LogP contribution in [0.15, 0.2) is 65.8 Å². The van der Waals surface area contributed by atoms with Crippen molar-refractivity contribution in [3.05, 3.63) is 77.6 Å². The summed E-state index contributed by atoms with van der Waals surface area (Å²) in [6.07, 6.45) is 6.15. The first-order valence-corrected chi connectivity index (χ1v) is 12.5. The van der Waals surface area contributed by atoms with E-state index in [2.05, 4.69) is 15.7 Å². The van der Waals surface area contributed by atoms with Crippen molar-refractivity contribution >= 4 is 27.3 Å². The van der Waals surface area contributed by atoms with Crippen LogP contribution >= 0.6 is 0 Å². The van der Waals surface area contributed by atoms with Crippen molar-refractivity contribution in [2.75, 3.05) is 11.1 Å². The molecule has 1 heterocycles. The van der Waals surface area contributed by atoms with Crippen molar-refractivity contribution in [1.29, 1.82) is 0 Å². The quantitative estimate of drug-likeness (QED) is 0.503. The van der Waals surface area contributed by atoms with Gasteiger partial charge in [-0.2, -0.15) is 5.10 Å². The molecular weight excluding hydrogens is 440 g/mol. The molecule has 0 fully saturated rings. The average Bonchev–Trinajstić information content (AvgIpc) is 3.48. The molecule has 0 atom stereocenters. The van der Waals surface area contributed by atoms with Gasteiger partial charge in [0.05, 0.1) is 10.6 Å². The van der Waals surface area contributed by atoms with E-state index < -0.39 is 9.84 Å². The Morgan fingerprint density at radius 3 is 2.67 bits per heavy atom. The van der Waals surface area contributed by atoms with Crippen LogP contribution in [0.3, 0.4) is 0 Å². The van der Waals surface area contributed by atoms with E-state index in [0.29, 0.717) is 5.69 Å². The summed E-state index contributed by atoms with van der Waals surface area (Å²) in [7, 11) is -3.52. The topological polar surface area (TPSA) is 110 Å². The molecular formula is C24H26N4O4S. The van der Waals surface area contributed by atoms with Gasteiger partial charge in [-0.3, -0.25) is 14.3 Å². The normalized spacial score (nSPS) is 12.8. The standard InChI is InChI=1S/C24H26N4O4S/c29-23(10-13-33(31,32)22-9-8-19-5-2-6-20(19)15-22)25-16-18-4-1-7-21(14-18)27-24(30)17-28-12-3-11-26-28/h1,3-4,7-9,11-12,14-15H,2,5-6,10,13,16-17H2,(H,25,29)(H,27,30). The third kappa shape index (κ3) is 6.07. The maximum Gasteiger partial charge on any atom is 0.246 e. The molecule has 1 aliphatic carbocycles. The number of carbonyl (C=O) groups is 2. The zero-order valence-corrected chi connectivity index (χ0v) is 19.0. The van der Waals surface area contributed by atoms with Gasteiger partial charge in [-0.15, -0.1) is 0 Å². The van der Waals surface area contributed by atoms with Crippen molar-refractivity contribution in [3.8, 4) is 0 Å². The van der Waals surface area contributed by atoms with Crippen LogP contribution in [0, 0.1) is 0 Å². The minimum atomic E-state index is -3.52. The molecule has 8 nitrogen and oxygen atoms in total. The molecule has 0 aliphatic heterocycles. The van der Waals surface area contributed by atoms with Crippen LogP contribution in [0.2, 0.25) is 0 Å². The van der Waals surface area contributed by atoms with Gasteiger partial charge < -0.3 is 10.6 Å². The highest BCUT2D eigenvalue weighted by Crippen LogP contribution is 2.25. The zero-order valence-electron chi connectivity index (χ0n) is 18.2. The Morgan fingerprint density at radius 1 is 1.00 bits per heavy atom. The predicted molar refractivity (Wildman–Crippen MR) is 124 cm³/mol. The Labute approximate surface area is 192 Å². The second kappa shape index (κ2) is 9.99. The monoisotopic (exact) mass is 466 g/mol. The van der Waals surface area contributed by atoms with E-state index in [0.717, 1.165) is 30.4 Å². The molecule has 2 N–H and O–H groups in total. The average molecular weight is 467 g/mol. The minimum absolute atomic E-state index is 0.104. The number of hydrogen-bond donors (Lipinski definition) is 2. The van der Waals surface area contributed by atoms with Crippen molar-refractivity contribution in [3.63, 3.8) is 0 Å². The Hall–Kier alpha value is -3.46. The number of sulfone groups is 1. The lowest BCUT2D eigenvalue weighted by Gasteiger charge is -2.10. The molecule has 4 rings (SSSR count). The summed E-state index contributed by atoms with van der Waals surface area (Å²) in [5.41, 5.74) is 3.71. The maximum atomic E-state index is 12.6. The van der Waals surface area contributed by atoms with Crippen LogP contribution in [0.25, 0.3) is 0 Å². The third-order valence-corrected chi connectivity index (χ3v) is 7.31. The number of nitrogens with zero attached hydrogens (tertiary/aromatic N) is 2. The fourth-order valence-corrected chi connectivity index (χ4v) is 5.16. The molecule has 33 heavy (non-hydrogen) atoms. The van der Waals surface area contributed by atoms with E-state index in [9.17, 15) is 18.0 Å². The van der Waals surface area contributed by atoms with Gasteiger partial charge in [-0.05, 0) is 66.3 Å². The molecule has 2 amide bonds. The summed E-state index contributed by atoms with van der Waals surface area (Å²) in [6, 6.07) is 14.2. The summed E-state index contributed by atoms with van der Waals surface area (Å²) < 4.78 is 26.8. The number of rotatable bonds is 9. The van der Waals surface area contributed by atoms with Gasteiger partial charge in [0.15, 0.2) is 9.84 Å². The number of aromatic nitrogens is 2. The second-order valence-corrected chi connectivity index (χ2v) is 10.2. The number of amides is 2. The number of carbonyl (C=O) groups excluding carboxylic acids is 2. The highest BCUT2D eigenvalue weighted by Gasteiger charge is 2.19. The number of aryl methyl sites for hydroxylation is 2. The zero-order chi connectivity index (χ0) is 23.3. The van der Waals surface area contributed by atoms with Crippen molar-refractivity contribution < 1.29 is 18.0 Å². The Morgan fingerprint density at radius 2 is 1.85 bits per heavy atom. The van der Waals surface area contributed by atoms with E-state index in [1.807, 2.05) is 12.1 Å². The van der Waals surface area contributed by atoms with Crippen LogP contribution in [-0.4, -0.2) is 35.8 Å². The fraction of sp³-hybridized carbons (Fsp3) is 0.292.